The number of allylic oxidation sites excluding steroid dienone is 1. The van der Waals surface area contributed by atoms with E-state index in [0.29, 0.717) is 42.8 Å². The van der Waals surface area contributed by atoms with Crippen molar-refractivity contribution in [1.82, 2.24) is 5.32 Å². The molecule has 5 aliphatic rings. The van der Waals surface area contributed by atoms with Crippen molar-refractivity contribution in [2.24, 2.45) is 62.6 Å². The molecular formula is C47H67NO4. The van der Waals surface area contributed by atoms with Gasteiger partial charge in [0.25, 0.3) is 0 Å². The van der Waals surface area contributed by atoms with E-state index in [9.17, 15) is 4.79 Å². The first-order valence-electron chi connectivity index (χ1n) is 20.7. The number of carbonyl (C=O) groups excluding carboxylic acids is 1. The van der Waals surface area contributed by atoms with Gasteiger partial charge in [0.2, 0.25) is 0 Å². The predicted molar refractivity (Wildman–Crippen MR) is 209 cm³/mol. The van der Waals surface area contributed by atoms with Gasteiger partial charge in [-0.15, -0.1) is 0 Å². The molecule has 0 aromatic heterocycles. The van der Waals surface area contributed by atoms with Gasteiger partial charge < -0.3 is 19.5 Å². The van der Waals surface area contributed by atoms with Gasteiger partial charge in [0, 0.05) is 23.9 Å². The quantitative estimate of drug-likeness (QED) is 0.143. The van der Waals surface area contributed by atoms with Crippen molar-refractivity contribution >= 4 is 5.97 Å². The maximum atomic E-state index is 14.7. The highest BCUT2D eigenvalue weighted by molar-refractivity contribution is 5.75. The second-order valence-electron chi connectivity index (χ2n) is 19.2. The largest absolute Gasteiger partial charge is 0.461 e. The molecule has 2 aromatic carbocycles. The number of ether oxygens (including phenoxy) is 3. The first-order valence-corrected chi connectivity index (χ1v) is 20.7. The molecule has 1 heterocycles. The van der Waals surface area contributed by atoms with Crippen molar-refractivity contribution in [3.8, 4) is 0 Å². The van der Waals surface area contributed by atoms with Gasteiger partial charge in [-0.2, -0.15) is 0 Å². The maximum Gasteiger partial charge on any atom is 0.310 e. The molecule has 52 heavy (non-hydrogen) atoms. The monoisotopic (exact) mass is 710 g/mol. The molecule has 2 bridgehead atoms. The minimum atomic E-state index is -0.202. The second-order valence-corrected chi connectivity index (χ2v) is 19.2. The van der Waals surface area contributed by atoms with Gasteiger partial charge in [0.1, 0.15) is 6.61 Å². The summed E-state index contributed by atoms with van der Waals surface area (Å²) in [7, 11) is 0. The molecule has 11 atom stereocenters. The summed E-state index contributed by atoms with van der Waals surface area (Å²) in [6, 6.07) is 20.8. The summed E-state index contributed by atoms with van der Waals surface area (Å²) in [5, 5.41) is 3.60. The first kappa shape index (κ1) is 37.8. The fraction of sp³-hybridized carbons (Fsp3) is 0.681. The molecule has 4 fully saturated rings. The van der Waals surface area contributed by atoms with E-state index in [-0.39, 0.29) is 45.1 Å². The maximum absolute atomic E-state index is 14.7. The Morgan fingerprint density at radius 2 is 1.60 bits per heavy atom. The molecule has 3 saturated carbocycles. The number of esters is 1. The summed E-state index contributed by atoms with van der Waals surface area (Å²) >= 11 is 0. The molecular weight excluding hydrogens is 643 g/mol. The molecule has 0 amide bonds. The molecule has 1 saturated heterocycles. The van der Waals surface area contributed by atoms with Crippen LogP contribution in [0.3, 0.4) is 0 Å². The van der Waals surface area contributed by atoms with E-state index in [0.717, 1.165) is 57.6 Å². The van der Waals surface area contributed by atoms with Crippen molar-refractivity contribution in [3.05, 3.63) is 83.4 Å². The summed E-state index contributed by atoms with van der Waals surface area (Å²) in [5.74, 6) is 2.17. The Hall–Kier alpha value is -2.47. The van der Waals surface area contributed by atoms with Crippen LogP contribution in [-0.4, -0.2) is 38.4 Å². The lowest BCUT2D eigenvalue weighted by Crippen LogP contribution is -2.68. The van der Waals surface area contributed by atoms with Gasteiger partial charge in [-0.05, 0) is 95.5 Å². The third-order valence-corrected chi connectivity index (χ3v) is 16.3. The van der Waals surface area contributed by atoms with Crippen molar-refractivity contribution in [3.63, 3.8) is 0 Å². The topological polar surface area (TPSA) is 56.8 Å². The highest BCUT2D eigenvalue weighted by Gasteiger charge is 2.71. The van der Waals surface area contributed by atoms with Gasteiger partial charge in [0.05, 0.1) is 31.8 Å². The smallest absolute Gasteiger partial charge is 0.310 e. The number of rotatable bonds is 11. The van der Waals surface area contributed by atoms with Gasteiger partial charge >= 0.3 is 5.97 Å². The van der Waals surface area contributed by atoms with Crippen molar-refractivity contribution < 1.29 is 19.0 Å². The molecule has 284 valence electrons. The average molecular weight is 710 g/mol. The number of benzene rings is 2. The molecule has 4 aliphatic carbocycles. The second kappa shape index (κ2) is 14.3. The molecule has 7 rings (SSSR count). The number of nitrogens with one attached hydrogen (secondary N) is 1. The van der Waals surface area contributed by atoms with Crippen molar-refractivity contribution in [1.29, 1.82) is 0 Å². The Balaban J connectivity index is 1.15. The van der Waals surface area contributed by atoms with E-state index in [1.54, 1.807) is 5.57 Å². The zero-order valence-electron chi connectivity index (χ0n) is 33.5. The number of fused-ring (bicyclic) bond motifs is 3. The summed E-state index contributed by atoms with van der Waals surface area (Å²) in [6.45, 7) is 23.8. The van der Waals surface area contributed by atoms with E-state index >= 15 is 0 Å². The van der Waals surface area contributed by atoms with Crippen LogP contribution in [0.5, 0.6) is 0 Å². The molecule has 1 aliphatic heterocycles. The third-order valence-electron chi connectivity index (χ3n) is 16.3. The Morgan fingerprint density at radius 3 is 2.29 bits per heavy atom. The van der Waals surface area contributed by atoms with E-state index in [1.165, 1.54) is 18.4 Å². The van der Waals surface area contributed by atoms with Crippen LogP contribution < -0.4 is 5.32 Å². The Labute approximate surface area is 315 Å². The Kier molecular flexibility index (Phi) is 10.4. The van der Waals surface area contributed by atoms with E-state index in [4.69, 9.17) is 14.2 Å². The number of hydrogen-bond donors (Lipinski definition) is 1. The molecule has 5 nitrogen and oxygen atoms in total. The third kappa shape index (κ3) is 6.04. The van der Waals surface area contributed by atoms with Gasteiger partial charge in [-0.3, -0.25) is 4.79 Å². The standard InChI is InChI=1S/C47H67NO4/c1-32(2)34(4)43(5)23-24-45(7)37-19-20-39-44(6)30-50-31-47(39,27-33(3)41(44)51-26-25-48-28-35-15-11-9-12-16-35)38(37)21-22-46(45,8)40(43)42(49)52-29-36-17-13-10-14-18-36/h9-18,21,32-34,37,39-41,48H,19-20,22-31H2,1-8H3/t33-,34-,37+,39+,40-,41+,43-,44+,45-,46+,47?/m1/s1. The van der Waals surface area contributed by atoms with Crippen LogP contribution in [0, 0.1) is 62.6 Å². The van der Waals surface area contributed by atoms with Crippen LogP contribution in [0.1, 0.15) is 105 Å². The average Bonchev–Trinajstić information content (AvgIpc) is 3.12. The van der Waals surface area contributed by atoms with Crippen molar-refractivity contribution in [2.45, 2.75) is 113 Å². The predicted octanol–water partition coefficient (Wildman–Crippen LogP) is 10.0. The van der Waals surface area contributed by atoms with Gasteiger partial charge in [0.15, 0.2) is 0 Å². The molecule has 1 N–H and O–H groups in total. The fourth-order valence-electron chi connectivity index (χ4n) is 13.2. The normalized spacial score (nSPS) is 40.2. The van der Waals surface area contributed by atoms with Crippen LogP contribution >= 0.6 is 0 Å². The molecule has 1 unspecified atom stereocenters. The number of hydrogen-bond acceptors (Lipinski definition) is 5. The highest BCUT2D eigenvalue weighted by atomic mass is 16.5. The van der Waals surface area contributed by atoms with Gasteiger partial charge in [-0.1, -0.05) is 128 Å². The first-order chi connectivity index (χ1) is 24.8. The minimum absolute atomic E-state index is 0.00168. The molecule has 5 heteroatoms. The fourth-order valence-corrected chi connectivity index (χ4v) is 13.2. The Morgan fingerprint density at radius 1 is 0.904 bits per heavy atom. The lowest BCUT2D eigenvalue weighted by molar-refractivity contribution is -0.250. The van der Waals surface area contributed by atoms with E-state index in [2.05, 4.69) is 109 Å². The van der Waals surface area contributed by atoms with E-state index < -0.39 is 0 Å². The van der Waals surface area contributed by atoms with Crippen LogP contribution in [0.2, 0.25) is 0 Å². The molecule has 0 radical (unpaired) electrons. The van der Waals surface area contributed by atoms with Crippen LogP contribution in [0.25, 0.3) is 0 Å². The van der Waals surface area contributed by atoms with Crippen LogP contribution in [0.4, 0.5) is 0 Å². The van der Waals surface area contributed by atoms with Crippen LogP contribution in [-0.2, 0) is 32.2 Å². The molecule has 0 spiro atoms. The summed E-state index contributed by atoms with van der Waals surface area (Å²) < 4.78 is 19.9. The van der Waals surface area contributed by atoms with Crippen molar-refractivity contribution in [2.75, 3.05) is 26.4 Å². The zero-order valence-corrected chi connectivity index (χ0v) is 33.5. The minimum Gasteiger partial charge on any atom is -0.461 e. The lowest BCUT2D eigenvalue weighted by Gasteiger charge is -2.71. The molecule has 2 aromatic rings. The highest BCUT2D eigenvalue weighted by Crippen LogP contribution is 2.75. The lowest BCUT2D eigenvalue weighted by atomic mass is 9.34. The Bertz CT molecular complexity index is 1590. The van der Waals surface area contributed by atoms with Gasteiger partial charge in [-0.25, -0.2) is 0 Å². The van der Waals surface area contributed by atoms with Crippen LogP contribution in [0.15, 0.2) is 72.3 Å². The summed E-state index contributed by atoms with van der Waals surface area (Å²) in [4.78, 5) is 14.7. The summed E-state index contributed by atoms with van der Waals surface area (Å²) in [6.07, 6.45) is 9.47. The SMILES string of the molecule is CC(C)[C@@H](C)[C@@]1(C)CC[C@]2(C)[C@H]3CC[C@@H]4C5(COC[C@]4(C)[C@@H](OCCNCc4ccccc4)[C@H](C)C5)C3=CC[C@@]2(C)[C@@H]1C(=O)OCc1ccccc1. The summed E-state index contributed by atoms with van der Waals surface area (Å²) in [5.41, 5.74) is 3.71. The number of carbonyl (C=O) groups is 1. The zero-order chi connectivity index (χ0) is 36.9. The van der Waals surface area contributed by atoms with E-state index in [1.807, 2.05) is 18.2 Å².